The van der Waals surface area contributed by atoms with Gasteiger partial charge < -0.3 is 5.32 Å². The van der Waals surface area contributed by atoms with Crippen molar-refractivity contribution in [3.8, 4) is 0 Å². The summed E-state index contributed by atoms with van der Waals surface area (Å²) in [6.07, 6.45) is -3.85. The highest BCUT2D eigenvalue weighted by atomic mass is 32.2. The summed E-state index contributed by atoms with van der Waals surface area (Å²) in [5, 5.41) is 6.18. The van der Waals surface area contributed by atoms with Gasteiger partial charge in [-0.05, 0) is 29.9 Å². The molecule has 0 spiro atoms. The van der Waals surface area contributed by atoms with Crippen molar-refractivity contribution in [2.24, 2.45) is 5.92 Å². The van der Waals surface area contributed by atoms with Crippen molar-refractivity contribution >= 4 is 17.7 Å². The molecule has 2 fully saturated rings. The third-order valence-electron chi connectivity index (χ3n) is 3.93. The first kappa shape index (κ1) is 14.7. The standard InChI is InChI=1S/C14H15F3N2OS/c15-14(16,17)9-3-1-8(2-4-9)12-18-11-5-6-21-7-10(11)13(20)19-12/h1-4,10-12,18H,5-7H2,(H,19,20). The molecule has 1 aromatic rings. The molecule has 3 unspecified atom stereocenters. The Labute approximate surface area is 124 Å². The minimum atomic E-state index is -4.34. The van der Waals surface area contributed by atoms with Crippen LogP contribution in [0, 0.1) is 5.92 Å². The number of benzene rings is 1. The quantitative estimate of drug-likeness (QED) is 0.836. The Morgan fingerprint density at radius 3 is 2.57 bits per heavy atom. The molecule has 2 heterocycles. The molecule has 0 bridgehead atoms. The van der Waals surface area contributed by atoms with Gasteiger partial charge >= 0.3 is 6.18 Å². The van der Waals surface area contributed by atoms with Crippen LogP contribution in [0.5, 0.6) is 0 Å². The maximum absolute atomic E-state index is 12.6. The molecule has 1 amide bonds. The van der Waals surface area contributed by atoms with E-state index in [9.17, 15) is 18.0 Å². The lowest BCUT2D eigenvalue weighted by Crippen LogP contribution is -2.58. The molecule has 2 saturated heterocycles. The van der Waals surface area contributed by atoms with Crippen LogP contribution in [0.4, 0.5) is 13.2 Å². The Bertz CT molecular complexity index is 532. The van der Waals surface area contributed by atoms with Crippen LogP contribution in [0.2, 0.25) is 0 Å². The highest BCUT2D eigenvalue weighted by molar-refractivity contribution is 7.99. The number of hydrogen-bond donors (Lipinski definition) is 2. The van der Waals surface area contributed by atoms with Gasteiger partial charge in [0.1, 0.15) is 6.17 Å². The van der Waals surface area contributed by atoms with Crippen LogP contribution in [0.3, 0.4) is 0 Å². The number of thioether (sulfide) groups is 1. The second-order valence-corrected chi connectivity index (χ2v) is 6.45. The smallest absolute Gasteiger partial charge is 0.336 e. The topological polar surface area (TPSA) is 41.1 Å². The minimum Gasteiger partial charge on any atom is -0.336 e. The molecule has 1 aromatic carbocycles. The van der Waals surface area contributed by atoms with Gasteiger partial charge in [-0.2, -0.15) is 24.9 Å². The number of halogens is 3. The van der Waals surface area contributed by atoms with Gasteiger partial charge in [0.25, 0.3) is 0 Å². The van der Waals surface area contributed by atoms with E-state index in [1.165, 1.54) is 12.1 Å². The lowest BCUT2D eigenvalue weighted by molar-refractivity contribution is -0.137. The van der Waals surface area contributed by atoms with Gasteiger partial charge in [0.15, 0.2) is 0 Å². The molecule has 2 aliphatic rings. The van der Waals surface area contributed by atoms with Crippen LogP contribution in [0.1, 0.15) is 23.7 Å². The predicted molar refractivity (Wildman–Crippen MR) is 74.7 cm³/mol. The molecule has 0 aliphatic carbocycles. The third-order valence-corrected chi connectivity index (χ3v) is 5.05. The van der Waals surface area contributed by atoms with Gasteiger partial charge in [0.2, 0.25) is 5.91 Å². The number of carbonyl (C=O) groups is 1. The normalized spacial score (nSPS) is 29.7. The van der Waals surface area contributed by atoms with Crippen LogP contribution in [0.25, 0.3) is 0 Å². The summed E-state index contributed by atoms with van der Waals surface area (Å²) in [5.74, 6) is 1.73. The molecular formula is C14H15F3N2OS. The van der Waals surface area contributed by atoms with E-state index in [1.54, 1.807) is 11.8 Å². The first-order valence-electron chi connectivity index (χ1n) is 6.76. The molecule has 2 aliphatic heterocycles. The molecule has 3 rings (SSSR count). The number of alkyl halides is 3. The molecule has 3 nitrogen and oxygen atoms in total. The van der Waals surface area contributed by atoms with Crippen molar-refractivity contribution in [3.05, 3.63) is 35.4 Å². The van der Waals surface area contributed by atoms with Crippen molar-refractivity contribution in [2.45, 2.75) is 24.8 Å². The highest BCUT2D eigenvalue weighted by Crippen LogP contribution is 2.32. The summed E-state index contributed by atoms with van der Waals surface area (Å²) in [4.78, 5) is 12.1. The van der Waals surface area contributed by atoms with E-state index in [4.69, 9.17) is 0 Å². The van der Waals surface area contributed by atoms with E-state index in [2.05, 4.69) is 10.6 Å². The van der Waals surface area contributed by atoms with Crippen molar-refractivity contribution in [1.82, 2.24) is 10.6 Å². The van der Waals surface area contributed by atoms with Gasteiger partial charge in [0, 0.05) is 11.8 Å². The van der Waals surface area contributed by atoms with Gasteiger partial charge in [-0.25, -0.2) is 0 Å². The Kier molecular flexibility index (Phi) is 3.88. The SMILES string of the molecule is O=C1NC(c2ccc(C(F)(F)F)cc2)NC2CCSCC12. The average molecular weight is 316 g/mol. The van der Waals surface area contributed by atoms with Crippen LogP contribution in [-0.2, 0) is 11.0 Å². The first-order valence-corrected chi connectivity index (χ1v) is 7.92. The predicted octanol–water partition coefficient (Wildman–Crippen LogP) is 2.55. The number of rotatable bonds is 1. The van der Waals surface area contributed by atoms with E-state index in [-0.39, 0.29) is 17.9 Å². The first-order chi connectivity index (χ1) is 9.95. The van der Waals surface area contributed by atoms with Gasteiger partial charge in [-0.15, -0.1) is 0 Å². The van der Waals surface area contributed by atoms with Crippen LogP contribution in [-0.4, -0.2) is 23.5 Å². The van der Waals surface area contributed by atoms with E-state index in [1.807, 2.05) is 0 Å². The summed E-state index contributed by atoms with van der Waals surface area (Å²) in [5.41, 5.74) is -0.0339. The van der Waals surface area contributed by atoms with Crippen molar-refractivity contribution < 1.29 is 18.0 Å². The lowest BCUT2D eigenvalue weighted by atomic mass is 9.93. The summed E-state index contributed by atoms with van der Waals surface area (Å²) >= 11 is 1.76. The molecule has 3 atom stereocenters. The largest absolute Gasteiger partial charge is 0.416 e. The molecule has 7 heteroatoms. The lowest BCUT2D eigenvalue weighted by Gasteiger charge is -2.40. The van der Waals surface area contributed by atoms with Crippen LogP contribution < -0.4 is 10.6 Å². The molecule has 0 radical (unpaired) electrons. The highest BCUT2D eigenvalue weighted by Gasteiger charge is 2.38. The third kappa shape index (κ3) is 3.03. The maximum atomic E-state index is 12.6. The van der Waals surface area contributed by atoms with Crippen molar-refractivity contribution in [1.29, 1.82) is 0 Å². The summed E-state index contributed by atoms with van der Waals surface area (Å²) in [6, 6.07) is 5.03. The van der Waals surface area contributed by atoms with Gasteiger partial charge in [-0.3, -0.25) is 10.1 Å². The zero-order valence-electron chi connectivity index (χ0n) is 11.1. The van der Waals surface area contributed by atoms with Gasteiger partial charge in [0.05, 0.1) is 11.5 Å². The maximum Gasteiger partial charge on any atom is 0.416 e. The van der Waals surface area contributed by atoms with E-state index in [0.29, 0.717) is 5.56 Å². The summed E-state index contributed by atoms with van der Waals surface area (Å²) < 4.78 is 37.7. The second kappa shape index (κ2) is 5.53. The minimum absolute atomic E-state index is 0.0177. The number of hydrogen-bond acceptors (Lipinski definition) is 3. The molecular weight excluding hydrogens is 301 g/mol. The van der Waals surface area contributed by atoms with E-state index in [0.717, 1.165) is 30.1 Å². The molecule has 2 N–H and O–H groups in total. The molecule has 0 aromatic heterocycles. The zero-order valence-corrected chi connectivity index (χ0v) is 11.9. The van der Waals surface area contributed by atoms with E-state index >= 15 is 0 Å². The Morgan fingerprint density at radius 2 is 1.90 bits per heavy atom. The Morgan fingerprint density at radius 1 is 1.19 bits per heavy atom. The van der Waals surface area contributed by atoms with Crippen LogP contribution in [0.15, 0.2) is 24.3 Å². The van der Waals surface area contributed by atoms with Crippen molar-refractivity contribution in [2.75, 3.05) is 11.5 Å². The number of fused-ring (bicyclic) bond motifs is 1. The summed E-state index contributed by atoms with van der Waals surface area (Å²) in [7, 11) is 0. The molecule has 114 valence electrons. The molecule has 21 heavy (non-hydrogen) atoms. The second-order valence-electron chi connectivity index (χ2n) is 5.30. The fourth-order valence-corrected chi connectivity index (χ4v) is 3.97. The fraction of sp³-hybridized carbons (Fsp3) is 0.500. The van der Waals surface area contributed by atoms with Crippen molar-refractivity contribution in [3.63, 3.8) is 0 Å². The zero-order chi connectivity index (χ0) is 15.0. The van der Waals surface area contributed by atoms with Gasteiger partial charge in [-0.1, -0.05) is 12.1 Å². The molecule has 0 saturated carbocycles. The number of carbonyl (C=O) groups excluding carboxylic acids is 1. The van der Waals surface area contributed by atoms with Crippen LogP contribution >= 0.6 is 11.8 Å². The fourth-order valence-electron chi connectivity index (χ4n) is 2.74. The monoisotopic (exact) mass is 316 g/mol. The average Bonchev–Trinajstić information content (AvgIpc) is 2.46. The Hall–Kier alpha value is -1.21. The number of nitrogens with one attached hydrogen (secondary N) is 2. The van der Waals surface area contributed by atoms with E-state index < -0.39 is 17.9 Å². The Balaban J connectivity index is 1.76. The summed E-state index contributed by atoms with van der Waals surface area (Å²) in [6.45, 7) is 0. The number of amides is 1.